The summed E-state index contributed by atoms with van der Waals surface area (Å²) >= 11 is 0. The zero-order chi connectivity index (χ0) is 25.4. The van der Waals surface area contributed by atoms with Gasteiger partial charge >= 0.3 is 5.97 Å². The predicted molar refractivity (Wildman–Crippen MR) is 124 cm³/mol. The van der Waals surface area contributed by atoms with Crippen LogP contribution in [0.3, 0.4) is 0 Å². The summed E-state index contributed by atoms with van der Waals surface area (Å²) in [6.45, 7) is 10.3. The van der Waals surface area contributed by atoms with Crippen molar-refractivity contribution in [1.82, 2.24) is 10.2 Å². The van der Waals surface area contributed by atoms with Gasteiger partial charge in [0.2, 0.25) is 5.91 Å². The molecule has 2 fully saturated rings. The average Bonchev–Trinajstić information content (AvgIpc) is 3.34. The van der Waals surface area contributed by atoms with Crippen molar-refractivity contribution in [2.75, 3.05) is 6.54 Å². The van der Waals surface area contributed by atoms with E-state index in [0.717, 1.165) is 31.4 Å². The predicted octanol–water partition coefficient (Wildman–Crippen LogP) is 3.06. The van der Waals surface area contributed by atoms with E-state index in [1.165, 1.54) is 11.8 Å². The van der Waals surface area contributed by atoms with E-state index in [2.05, 4.69) is 26.1 Å². The first-order valence-corrected chi connectivity index (χ1v) is 11.9. The quantitative estimate of drug-likeness (QED) is 0.366. The Morgan fingerprint density at radius 2 is 1.76 bits per heavy atom. The van der Waals surface area contributed by atoms with Crippen molar-refractivity contribution in [3.05, 3.63) is 17.7 Å². The normalized spacial score (nSPS) is 26.8. The number of benzene rings is 1. The van der Waals surface area contributed by atoms with E-state index >= 15 is 0 Å². The molecule has 1 saturated carbocycles. The van der Waals surface area contributed by atoms with Crippen molar-refractivity contribution < 1.29 is 34.4 Å². The van der Waals surface area contributed by atoms with Gasteiger partial charge in [-0.25, -0.2) is 4.79 Å². The first kappa shape index (κ1) is 25.6. The third-order valence-electron chi connectivity index (χ3n) is 8.03. The van der Waals surface area contributed by atoms with Crippen LogP contribution in [0.4, 0.5) is 0 Å². The summed E-state index contributed by atoms with van der Waals surface area (Å²) in [6, 6.07) is 0.320. The van der Waals surface area contributed by atoms with Crippen molar-refractivity contribution in [2.24, 2.45) is 11.3 Å². The molecule has 4 N–H and O–H groups in total. The van der Waals surface area contributed by atoms with Crippen LogP contribution in [0.5, 0.6) is 17.2 Å². The number of esters is 1. The molecule has 1 saturated heterocycles. The molecular weight excluding hydrogens is 440 g/mol. The summed E-state index contributed by atoms with van der Waals surface area (Å²) in [5.74, 6) is -3.12. The fourth-order valence-corrected chi connectivity index (χ4v) is 5.35. The minimum absolute atomic E-state index is 0.119. The third-order valence-corrected chi connectivity index (χ3v) is 8.03. The molecule has 1 aromatic rings. The second-order valence-corrected chi connectivity index (χ2v) is 10.3. The molecule has 4 atom stereocenters. The van der Waals surface area contributed by atoms with E-state index in [1.807, 2.05) is 6.92 Å². The Balaban J connectivity index is 1.67. The van der Waals surface area contributed by atoms with Crippen LogP contribution in [-0.2, 0) is 14.3 Å². The van der Waals surface area contributed by atoms with Crippen LogP contribution >= 0.6 is 0 Å². The Bertz CT molecular complexity index is 953. The van der Waals surface area contributed by atoms with E-state index < -0.39 is 52.7 Å². The standard InChI is InChI=1S/C25H36N2O7/c1-6-16-9-10-25(5,24(16,3)4)34-23(33)17-8-7-11-27(17)22(32)14(2)26-21(31)15-12-18(28)20(30)19(29)13-15/h12-14,16-17,28-30H,6-11H2,1-5H3,(H,26,31). The van der Waals surface area contributed by atoms with Crippen LogP contribution in [0.1, 0.15) is 77.1 Å². The molecule has 0 aromatic heterocycles. The molecule has 4 unspecified atom stereocenters. The number of likely N-dealkylation sites (tertiary alicyclic amines) is 1. The lowest BCUT2D eigenvalue weighted by Crippen LogP contribution is -2.53. The minimum atomic E-state index is -0.957. The lowest BCUT2D eigenvalue weighted by molar-refractivity contribution is -0.176. The summed E-state index contributed by atoms with van der Waals surface area (Å²) in [5.41, 5.74) is -0.898. The van der Waals surface area contributed by atoms with Gasteiger partial charge in [0.15, 0.2) is 17.2 Å². The highest BCUT2D eigenvalue weighted by Crippen LogP contribution is 2.53. The van der Waals surface area contributed by atoms with Gasteiger partial charge < -0.3 is 30.3 Å². The molecule has 1 aromatic carbocycles. The van der Waals surface area contributed by atoms with E-state index in [1.54, 1.807) is 0 Å². The Morgan fingerprint density at radius 1 is 1.15 bits per heavy atom. The first-order chi connectivity index (χ1) is 15.8. The number of nitrogens with one attached hydrogen (secondary N) is 1. The molecule has 2 amide bonds. The first-order valence-electron chi connectivity index (χ1n) is 11.9. The zero-order valence-corrected chi connectivity index (χ0v) is 20.6. The van der Waals surface area contributed by atoms with Crippen LogP contribution < -0.4 is 5.32 Å². The Labute approximate surface area is 200 Å². The number of phenols is 3. The van der Waals surface area contributed by atoms with Crippen molar-refractivity contribution >= 4 is 17.8 Å². The van der Waals surface area contributed by atoms with Crippen molar-refractivity contribution in [3.63, 3.8) is 0 Å². The monoisotopic (exact) mass is 476 g/mol. The third kappa shape index (κ3) is 4.52. The summed E-state index contributed by atoms with van der Waals surface area (Å²) in [5, 5.41) is 31.2. The molecule has 1 aliphatic heterocycles. The lowest BCUT2D eigenvalue weighted by Gasteiger charge is -2.42. The van der Waals surface area contributed by atoms with Crippen molar-refractivity contribution in [1.29, 1.82) is 0 Å². The number of hydrogen-bond donors (Lipinski definition) is 4. The maximum absolute atomic E-state index is 13.2. The molecule has 0 bridgehead atoms. The van der Waals surface area contributed by atoms with Gasteiger partial charge in [-0.3, -0.25) is 9.59 Å². The van der Waals surface area contributed by atoms with Crippen LogP contribution in [0.25, 0.3) is 0 Å². The summed E-state index contributed by atoms with van der Waals surface area (Å²) < 4.78 is 6.08. The number of rotatable bonds is 6. The smallest absolute Gasteiger partial charge is 0.329 e. The van der Waals surface area contributed by atoms with Gasteiger partial charge in [-0.15, -0.1) is 0 Å². The molecule has 3 rings (SSSR count). The SMILES string of the molecule is CCC1CCC(C)(OC(=O)C2CCCN2C(=O)C(C)NC(=O)c2cc(O)c(O)c(O)c2)C1(C)C. The average molecular weight is 477 g/mol. The largest absolute Gasteiger partial charge is 0.504 e. The van der Waals surface area contributed by atoms with Gasteiger partial charge in [0.05, 0.1) is 0 Å². The maximum Gasteiger partial charge on any atom is 0.329 e. The molecule has 0 radical (unpaired) electrons. The number of carbonyl (C=O) groups excluding carboxylic acids is 3. The zero-order valence-electron chi connectivity index (χ0n) is 20.6. The molecular formula is C25H36N2O7. The van der Waals surface area contributed by atoms with Gasteiger partial charge in [0.25, 0.3) is 5.91 Å². The molecule has 9 nitrogen and oxygen atoms in total. The van der Waals surface area contributed by atoms with Crippen LogP contribution in [0, 0.1) is 11.3 Å². The van der Waals surface area contributed by atoms with Crippen molar-refractivity contribution in [3.8, 4) is 17.2 Å². The summed E-state index contributed by atoms with van der Waals surface area (Å²) in [4.78, 5) is 40.3. The van der Waals surface area contributed by atoms with E-state index in [0.29, 0.717) is 25.3 Å². The minimum Gasteiger partial charge on any atom is -0.504 e. The maximum atomic E-state index is 13.2. The number of nitrogens with zero attached hydrogens (tertiary/aromatic N) is 1. The van der Waals surface area contributed by atoms with Crippen LogP contribution in [-0.4, -0.2) is 62.2 Å². The highest BCUT2D eigenvalue weighted by atomic mass is 16.6. The fraction of sp³-hybridized carbons (Fsp3) is 0.640. The van der Waals surface area contributed by atoms with Crippen LogP contribution in [0.15, 0.2) is 12.1 Å². The molecule has 9 heteroatoms. The number of aromatic hydroxyl groups is 3. The van der Waals surface area contributed by atoms with Gasteiger partial charge in [0.1, 0.15) is 17.7 Å². The number of carbonyl (C=O) groups is 3. The second-order valence-electron chi connectivity index (χ2n) is 10.3. The van der Waals surface area contributed by atoms with E-state index in [-0.39, 0.29) is 11.0 Å². The van der Waals surface area contributed by atoms with Gasteiger partial charge in [0, 0.05) is 17.5 Å². The molecule has 0 spiro atoms. The van der Waals surface area contributed by atoms with E-state index in [4.69, 9.17) is 4.74 Å². The van der Waals surface area contributed by atoms with Gasteiger partial charge in [-0.05, 0) is 57.6 Å². The Hall–Kier alpha value is -2.97. The highest BCUT2D eigenvalue weighted by molar-refractivity contribution is 5.99. The van der Waals surface area contributed by atoms with E-state index in [9.17, 15) is 29.7 Å². The Morgan fingerprint density at radius 3 is 2.32 bits per heavy atom. The fourth-order valence-electron chi connectivity index (χ4n) is 5.35. The second kappa shape index (κ2) is 9.35. The highest BCUT2D eigenvalue weighted by Gasteiger charge is 2.54. The van der Waals surface area contributed by atoms with Crippen LogP contribution in [0.2, 0.25) is 0 Å². The molecule has 188 valence electrons. The number of hydrogen-bond acceptors (Lipinski definition) is 7. The topological polar surface area (TPSA) is 136 Å². The summed E-state index contributed by atoms with van der Waals surface area (Å²) in [7, 11) is 0. The van der Waals surface area contributed by atoms with Gasteiger partial charge in [-0.1, -0.05) is 27.2 Å². The molecule has 34 heavy (non-hydrogen) atoms. The van der Waals surface area contributed by atoms with Crippen molar-refractivity contribution in [2.45, 2.75) is 84.4 Å². The number of phenolic OH excluding ortho intramolecular Hbond substituents is 3. The molecule has 1 aliphatic carbocycles. The molecule has 1 heterocycles. The lowest BCUT2D eigenvalue weighted by atomic mass is 9.72. The molecule has 2 aliphatic rings. The number of amides is 2. The Kier molecular flexibility index (Phi) is 7.05. The van der Waals surface area contributed by atoms with Gasteiger partial charge in [-0.2, -0.15) is 0 Å². The summed E-state index contributed by atoms with van der Waals surface area (Å²) in [6.07, 6.45) is 3.94. The number of ether oxygens (including phenoxy) is 1.